The summed E-state index contributed by atoms with van der Waals surface area (Å²) in [5.41, 5.74) is 26.1. The van der Waals surface area contributed by atoms with Crippen molar-refractivity contribution in [3.8, 4) is 84.6 Å². The molecule has 0 N–H and O–H groups in total. The number of anilines is 6. The quantitative estimate of drug-likeness (QED) is 0.126. The summed E-state index contributed by atoms with van der Waals surface area (Å²) in [4.78, 5) is 26.9. The molecule has 0 spiro atoms. The molecule has 0 atom stereocenters. The van der Waals surface area contributed by atoms with E-state index in [9.17, 15) is 0 Å². The van der Waals surface area contributed by atoms with Crippen molar-refractivity contribution in [2.45, 2.75) is 0 Å². The van der Waals surface area contributed by atoms with Crippen molar-refractivity contribution in [1.82, 2.24) is 24.5 Å². The minimum Gasteiger partial charge on any atom is -0.455 e. The maximum atomic E-state index is 6.86. The van der Waals surface area contributed by atoms with Gasteiger partial charge < -0.3 is 18.8 Å². The lowest BCUT2D eigenvalue weighted by molar-refractivity contribution is 0.673. The molecule has 0 aliphatic carbocycles. The van der Waals surface area contributed by atoms with E-state index in [-0.39, 0.29) is 6.71 Å². The van der Waals surface area contributed by atoms with Gasteiger partial charge in [0.25, 0.3) is 6.71 Å². The van der Waals surface area contributed by atoms with E-state index in [1.165, 1.54) is 16.4 Å². The molecule has 17 aromatic rings. The molecular formula is C86H54BN7O. The van der Waals surface area contributed by atoms with E-state index >= 15 is 0 Å². The Balaban J connectivity index is 0.847. The van der Waals surface area contributed by atoms with Crippen LogP contribution in [0.1, 0.15) is 0 Å². The lowest BCUT2D eigenvalue weighted by Gasteiger charge is -2.44. The summed E-state index contributed by atoms with van der Waals surface area (Å²) in [5, 5.41) is 4.29. The molecule has 442 valence electrons. The number of rotatable bonds is 10. The summed E-state index contributed by atoms with van der Waals surface area (Å²) in [6, 6.07) is 116. The van der Waals surface area contributed by atoms with Gasteiger partial charge in [0, 0.05) is 83.7 Å². The van der Waals surface area contributed by atoms with Crippen molar-refractivity contribution >= 4 is 101 Å². The molecule has 0 radical (unpaired) electrons. The molecule has 0 unspecified atom stereocenters. The summed E-state index contributed by atoms with van der Waals surface area (Å²) >= 11 is 0. The zero-order valence-electron chi connectivity index (χ0n) is 51.3. The molecule has 13 aromatic carbocycles. The third-order valence-corrected chi connectivity index (χ3v) is 19.0. The van der Waals surface area contributed by atoms with Gasteiger partial charge in [0.2, 0.25) is 0 Å². The van der Waals surface area contributed by atoms with Gasteiger partial charge in [-0.1, -0.05) is 224 Å². The Morgan fingerprint density at radius 1 is 0.284 bits per heavy atom. The van der Waals surface area contributed by atoms with Crippen LogP contribution in [0, 0.1) is 0 Å². The number of hydrogen-bond donors (Lipinski definition) is 0. The standard InChI is InChI=1S/C86H54BN7O/c1-6-25-55(26-7-1)70-53-72(90-85(88-70)57-29-10-3-11-30-57)59-45-47-75(94-74-41-20-16-38-66(74)82-78(94)48-46-65-64-37-17-23-44-81(64)95-84(65)82)67(50-59)73-54-71(56-27-8-2-9-28-56)89-86(91-73)60-32-24-31-58(49-60)61-51-79-83-80(52-61)93(63-35-14-5-15-36-63)77-43-22-19-40-69(77)87(83)68-39-18-21-42-76(68)92(79)62-33-12-4-13-34-62/h1-54H. The van der Waals surface area contributed by atoms with Gasteiger partial charge in [-0.15, -0.1) is 0 Å². The average molecular weight is 1210 g/mol. The molecular weight excluding hydrogens is 1160 g/mol. The smallest absolute Gasteiger partial charge is 0.252 e. The average Bonchev–Trinajstić information content (AvgIpc) is 0.949. The first-order chi connectivity index (χ1) is 47.1. The van der Waals surface area contributed by atoms with Crippen molar-refractivity contribution in [2.75, 3.05) is 9.80 Å². The van der Waals surface area contributed by atoms with Crippen LogP contribution >= 0.6 is 0 Å². The molecule has 6 heterocycles. The molecule has 0 amide bonds. The highest BCUT2D eigenvalue weighted by Crippen LogP contribution is 2.48. The molecule has 0 fully saturated rings. The highest BCUT2D eigenvalue weighted by Gasteiger charge is 2.43. The van der Waals surface area contributed by atoms with Gasteiger partial charge in [0.05, 0.1) is 44.9 Å². The zero-order valence-corrected chi connectivity index (χ0v) is 51.3. The molecule has 0 saturated carbocycles. The van der Waals surface area contributed by atoms with Crippen molar-refractivity contribution in [3.63, 3.8) is 0 Å². The summed E-state index contributed by atoms with van der Waals surface area (Å²) in [6.45, 7) is -0.0105. The van der Waals surface area contributed by atoms with Crippen LogP contribution in [0.2, 0.25) is 0 Å². The maximum Gasteiger partial charge on any atom is 0.252 e. The minimum absolute atomic E-state index is 0.0105. The summed E-state index contributed by atoms with van der Waals surface area (Å²) in [7, 11) is 0. The van der Waals surface area contributed by atoms with Crippen LogP contribution in [0.5, 0.6) is 0 Å². The van der Waals surface area contributed by atoms with Gasteiger partial charge in [-0.2, -0.15) is 0 Å². The number of para-hydroxylation sites is 6. The van der Waals surface area contributed by atoms with Crippen LogP contribution in [0.4, 0.5) is 34.1 Å². The Morgan fingerprint density at radius 2 is 0.779 bits per heavy atom. The Kier molecular flexibility index (Phi) is 12.5. The molecule has 4 aromatic heterocycles. The molecule has 8 nitrogen and oxygen atoms in total. The van der Waals surface area contributed by atoms with Crippen LogP contribution in [0.3, 0.4) is 0 Å². The van der Waals surface area contributed by atoms with Crippen molar-refractivity contribution in [3.05, 3.63) is 328 Å². The van der Waals surface area contributed by atoms with Gasteiger partial charge in [0.15, 0.2) is 11.6 Å². The predicted octanol–water partition coefficient (Wildman–Crippen LogP) is 20.0. The summed E-state index contributed by atoms with van der Waals surface area (Å²) in [5.74, 6) is 1.23. The van der Waals surface area contributed by atoms with Gasteiger partial charge in [-0.25, -0.2) is 19.9 Å². The van der Waals surface area contributed by atoms with Gasteiger partial charge in [-0.05, 0) is 131 Å². The topological polar surface area (TPSA) is 76.1 Å². The largest absolute Gasteiger partial charge is 0.455 e. The van der Waals surface area contributed by atoms with Crippen molar-refractivity contribution < 1.29 is 4.42 Å². The van der Waals surface area contributed by atoms with Crippen molar-refractivity contribution in [1.29, 1.82) is 0 Å². The highest BCUT2D eigenvalue weighted by atomic mass is 16.3. The molecule has 2 aliphatic rings. The minimum atomic E-state index is -0.0105. The van der Waals surface area contributed by atoms with E-state index in [4.69, 9.17) is 24.4 Å². The zero-order chi connectivity index (χ0) is 62.5. The SMILES string of the molecule is c1ccc(-c2cc(-c3ccc(-n4c5ccccc5c5c6oc7ccccc7c6ccc54)c(-c4cc(-c5ccccc5)nc(-c5cccc(-c6cc7c8c(c6)N(c6ccccc6)c6ccccc6B8c6ccccc6N7c6ccccc6)c5)n4)c3)nc(-c3ccccc3)n2)cc1. The van der Waals surface area contributed by atoms with E-state index in [1.54, 1.807) is 0 Å². The van der Waals surface area contributed by atoms with E-state index < -0.39 is 0 Å². The lowest BCUT2D eigenvalue weighted by Crippen LogP contribution is -2.61. The van der Waals surface area contributed by atoms with Crippen molar-refractivity contribution in [2.24, 2.45) is 0 Å². The highest BCUT2D eigenvalue weighted by molar-refractivity contribution is 7.00. The molecule has 9 heteroatoms. The Bertz CT molecular complexity index is 5710. The van der Waals surface area contributed by atoms with E-state index in [2.05, 4.69) is 312 Å². The van der Waals surface area contributed by atoms with Crippen LogP contribution in [-0.2, 0) is 0 Å². The number of nitrogens with zero attached hydrogens (tertiary/aromatic N) is 7. The fourth-order valence-corrected chi connectivity index (χ4v) is 14.7. The first-order valence-corrected chi connectivity index (χ1v) is 32.2. The van der Waals surface area contributed by atoms with Crippen LogP contribution in [0.25, 0.3) is 128 Å². The second kappa shape index (κ2) is 22.0. The van der Waals surface area contributed by atoms with Crippen LogP contribution in [-0.4, -0.2) is 31.2 Å². The molecule has 0 saturated heterocycles. The lowest BCUT2D eigenvalue weighted by atomic mass is 9.33. The molecule has 2 aliphatic heterocycles. The number of benzene rings is 13. The monoisotopic (exact) mass is 1210 g/mol. The molecule has 0 bridgehead atoms. The number of furan rings is 1. The van der Waals surface area contributed by atoms with Crippen LogP contribution in [0.15, 0.2) is 332 Å². The van der Waals surface area contributed by atoms with Gasteiger partial charge in [0.1, 0.15) is 11.2 Å². The normalized spacial score (nSPS) is 12.4. The number of fused-ring (bicyclic) bond motifs is 11. The first kappa shape index (κ1) is 54.1. The Labute approximate surface area is 548 Å². The summed E-state index contributed by atoms with van der Waals surface area (Å²) < 4.78 is 9.24. The predicted molar refractivity (Wildman–Crippen MR) is 391 cm³/mol. The second-order valence-corrected chi connectivity index (χ2v) is 24.4. The fourth-order valence-electron chi connectivity index (χ4n) is 14.7. The number of aromatic nitrogens is 5. The summed E-state index contributed by atoms with van der Waals surface area (Å²) in [6.07, 6.45) is 0. The number of hydrogen-bond acceptors (Lipinski definition) is 7. The van der Waals surface area contributed by atoms with Gasteiger partial charge in [-0.3, -0.25) is 0 Å². The maximum absolute atomic E-state index is 6.86. The third kappa shape index (κ3) is 8.92. The van der Waals surface area contributed by atoms with Crippen LogP contribution < -0.4 is 26.2 Å². The van der Waals surface area contributed by atoms with E-state index in [1.807, 2.05) is 30.3 Å². The Hall–Kier alpha value is -12.7. The van der Waals surface area contributed by atoms with Gasteiger partial charge >= 0.3 is 0 Å². The third-order valence-electron chi connectivity index (χ3n) is 19.0. The second-order valence-electron chi connectivity index (χ2n) is 24.4. The molecule has 95 heavy (non-hydrogen) atoms. The fraction of sp³-hybridized carbons (Fsp3) is 0. The van der Waals surface area contributed by atoms with E-state index in [0.717, 1.165) is 151 Å². The Morgan fingerprint density at radius 3 is 1.42 bits per heavy atom. The van der Waals surface area contributed by atoms with E-state index in [0.29, 0.717) is 11.6 Å². The molecule has 19 rings (SSSR count). The first-order valence-electron chi connectivity index (χ1n) is 32.2.